The molecule has 6 nitrogen and oxygen atoms in total. The van der Waals surface area contributed by atoms with E-state index in [1.54, 1.807) is 25.1 Å². The van der Waals surface area contributed by atoms with Crippen LogP contribution in [-0.2, 0) is 4.79 Å². The fourth-order valence-electron chi connectivity index (χ4n) is 2.16. The third-order valence-electron chi connectivity index (χ3n) is 3.03. The Labute approximate surface area is 113 Å². The second-order valence-corrected chi connectivity index (χ2v) is 4.40. The topological polar surface area (TPSA) is 80.0 Å². The van der Waals surface area contributed by atoms with E-state index < -0.39 is 17.8 Å². The van der Waals surface area contributed by atoms with Gasteiger partial charge in [-0.05, 0) is 19.1 Å². The standard InChI is InChI=1S/C13H11FN4O2/c1-7-15-13-16-10(12(19)20)6-11(18(13)17-7)8-4-2-3-5-9(8)14/h2-6,11H,1H3,(H,19,20)(H,15,16,17)/t11-/m0/s1. The van der Waals surface area contributed by atoms with Crippen molar-refractivity contribution < 1.29 is 14.3 Å². The minimum Gasteiger partial charge on any atom is -0.477 e. The van der Waals surface area contributed by atoms with E-state index in [-0.39, 0.29) is 11.6 Å². The van der Waals surface area contributed by atoms with Gasteiger partial charge in [-0.25, -0.2) is 13.9 Å². The lowest BCUT2D eigenvalue weighted by atomic mass is 10.0. The Balaban J connectivity index is 2.17. The number of aliphatic carboxylic acids is 1. The maximum absolute atomic E-state index is 13.9. The normalized spacial score (nSPS) is 17.1. The van der Waals surface area contributed by atoms with Crippen LogP contribution in [0, 0.1) is 12.7 Å². The molecule has 0 aliphatic carbocycles. The van der Waals surface area contributed by atoms with Crippen LogP contribution in [-0.4, -0.2) is 25.8 Å². The number of benzene rings is 1. The van der Waals surface area contributed by atoms with Crippen LogP contribution in [0.15, 0.2) is 36.0 Å². The van der Waals surface area contributed by atoms with Gasteiger partial charge in [0, 0.05) is 5.56 Å². The summed E-state index contributed by atoms with van der Waals surface area (Å²) in [6.45, 7) is 1.69. The highest BCUT2D eigenvalue weighted by atomic mass is 19.1. The van der Waals surface area contributed by atoms with E-state index in [1.165, 1.54) is 16.8 Å². The number of anilines is 1. The Morgan fingerprint density at radius 3 is 2.90 bits per heavy atom. The fraction of sp³-hybridized carbons (Fsp3) is 0.154. The Bertz CT molecular complexity index is 723. The molecule has 0 bridgehead atoms. The number of carbonyl (C=O) groups is 1. The molecule has 1 atom stereocenters. The number of aromatic nitrogens is 3. The van der Waals surface area contributed by atoms with Gasteiger partial charge in [0.25, 0.3) is 0 Å². The molecule has 1 aromatic carbocycles. The lowest BCUT2D eigenvalue weighted by Gasteiger charge is -2.22. The van der Waals surface area contributed by atoms with Crippen molar-refractivity contribution in [3.05, 3.63) is 53.2 Å². The highest BCUT2D eigenvalue weighted by molar-refractivity contribution is 5.90. The van der Waals surface area contributed by atoms with Gasteiger partial charge in [-0.3, -0.25) is 0 Å². The van der Waals surface area contributed by atoms with E-state index >= 15 is 0 Å². The number of halogens is 1. The van der Waals surface area contributed by atoms with Gasteiger partial charge in [-0.2, -0.15) is 10.1 Å². The number of fused-ring (bicyclic) bond motifs is 1. The summed E-state index contributed by atoms with van der Waals surface area (Å²) in [4.78, 5) is 15.3. The zero-order valence-electron chi connectivity index (χ0n) is 10.5. The van der Waals surface area contributed by atoms with Crippen molar-refractivity contribution >= 4 is 11.9 Å². The lowest BCUT2D eigenvalue weighted by molar-refractivity contribution is -0.132. The molecule has 1 aliphatic heterocycles. The van der Waals surface area contributed by atoms with Crippen molar-refractivity contribution in [1.29, 1.82) is 0 Å². The van der Waals surface area contributed by atoms with E-state index in [0.29, 0.717) is 11.4 Å². The average Bonchev–Trinajstić information content (AvgIpc) is 2.78. The molecule has 0 saturated carbocycles. The predicted molar refractivity (Wildman–Crippen MR) is 68.6 cm³/mol. The first-order valence-electron chi connectivity index (χ1n) is 5.96. The van der Waals surface area contributed by atoms with E-state index in [0.717, 1.165) is 0 Å². The van der Waals surface area contributed by atoms with Gasteiger partial charge >= 0.3 is 5.97 Å². The zero-order chi connectivity index (χ0) is 14.3. The van der Waals surface area contributed by atoms with Crippen LogP contribution >= 0.6 is 0 Å². The number of carboxylic acid groups (broad SMARTS) is 1. The van der Waals surface area contributed by atoms with Gasteiger partial charge in [0.1, 0.15) is 23.4 Å². The minimum atomic E-state index is -1.13. The molecule has 0 radical (unpaired) electrons. The number of aryl methyl sites for hydroxylation is 1. The van der Waals surface area contributed by atoms with E-state index in [9.17, 15) is 9.18 Å². The molecule has 0 saturated heterocycles. The molecule has 20 heavy (non-hydrogen) atoms. The summed E-state index contributed by atoms with van der Waals surface area (Å²) in [6, 6.07) is 5.56. The van der Waals surface area contributed by atoms with Crippen LogP contribution in [0.3, 0.4) is 0 Å². The van der Waals surface area contributed by atoms with Crippen LogP contribution in [0.1, 0.15) is 17.4 Å². The van der Waals surface area contributed by atoms with Crippen LogP contribution in [0.2, 0.25) is 0 Å². The predicted octanol–water partition coefficient (Wildman–Crippen LogP) is 1.71. The molecule has 1 aliphatic rings. The van der Waals surface area contributed by atoms with Crippen molar-refractivity contribution in [2.24, 2.45) is 0 Å². The summed E-state index contributed by atoms with van der Waals surface area (Å²) in [6.07, 6.45) is 1.42. The molecule has 0 amide bonds. The van der Waals surface area contributed by atoms with Crippen molar-refractivity contribution in [2.45, 2.75) is 13.0 Å². The van der Waals surface area contributed by atoms with Gasteiger partial charge in [-0.1, -0.05) is 18.2 Å². The number of nitrogens with one attached hydrogen (secondary N) is 1. The second-order valence-electron chi connectivity index (χ2n) is 4.40. The van der Waals surface area contributed by atoms with Gasteiger partial charge < -0.3 is 10.4 Å². The van der Waals surface area contributed by atoms with E-state index in [1.807, 2.05) is 0 Å². The molecule has 3 rings (SSSR count). The van der Waals surface area contributed by atoms with E-state index in [4.69, 9.17) is 5.11 Å². The third kappa shape index (κ3) is 1.93. The Hall–Kier alpha value is -2.70. The molecule has 2 heterocycles. The van der Waals surface area contributed by atoms with Crippen molar-refractivity contribution in [3.8, 4) is 0 Å². The monoisotopic (exact) mass is 274 g/mol. The van der Waals surface area contributed by atoms with Crippen LogP contribution in [0.4, 0.5) is 10.3 Å². The van der Waals surface area contributed by atoms with Crippen molar-refractivity contribution in [3.63, 3.8) is 0 Å². The summed E-state index contributed by atoms with van der Waals surface area (Å²) in [5.74, 6) is -0.776. The largest absolute Gasteiger partial charge is 0.477 e. The van der Waals surface area contributed by atoms with Gasteiger partial charge in [0.05, 0.1) is 0 Å². The molecule has 102 valence electrons. The molecular formula is C13H11FN4O2. The Morgan fingerprint density at radius 1 is 1.45 bits per heavy atom. The SMILES string of the molecule is Cc1nc2n(n1)[C@H](c1ccccc1F)C=C(C(=O)O)N2. The molecule has 7 heteroatoms. The van der Waals surface area contributed by atoms with Crippen LogP contribution in [0.25, 0.3) is 0 Å². The van der Waals surface area contributed by atoms with Crippen LogP contribution < -0.4 is 5.32 Å². The molecule has 2 aromatic rings. The lowest BCUT2D eigenvalue weighted by Crippen LogP contribution is -2.24. The smallest absolute Gasteiger partial charge is 0.352 e. The number of nitrogens with zero attached hydrogens (tertiary/aromatic N) is 3. The fourth-order valence-corrected chi connectivity index (χ4v) is 2.16. The quantitative estimate of drug-likeness (QED) is 0.871. The van der Waals surface area contributed by atoms with Crippen LogP contribution in [0.5, 0.6) is 0 Å². The zero-order valence-corrected chi connectivity index (χ0v) is 10.5. The minimum absolute atomic E-state index is 0.0434. The summed E-state index contributed by atoms with van der Waals surface area (Å²) in [5.41, 5.74) is 0.303. The number of rotatable bonds is 2. The van der Waals surface area contributed by atoms with Gasteiger partial charge in [0.2, 0.25) is 5.95 Å². The average molecular weight is 274 g/mol. The number of hydrogen-bond acceptors (Lipinski definition) is 4. The molecule has 0 fully saturated rings. The number of carboxylic acids is 1. The summed E-state index contributed by atoms with van der Waals surface area (Å²) < 4.78 is 15.4. The summed E-state index contributed by atoms with van der Waals surface area (Å²) in [5, 5.41) is 16.0. The molecule has 0 spiro atoms. The van der Waals surface area contributed by atoms with Crippen molar-refractivity contribution in [2.75, 3.05) is 5.32 Å². The first-order valence-corrected chi connectivity index (χ1v) is 5.96. The first kappa shape index (κ1) is 12.3. The van der Waals surface area contributed by atoms with Gasteiger partial charge in [-0.15, -0.1) is 0 Å². The highest BCUT2D eigenvalue weighted by Gasteiger charge is 2.27. The third-order valence-corrected chi connectivity index (χ3v) is 3.03. The maximum Gasteiger partial charge on any atom is 0.352 e. The van der Waals surface area contributed by atoms with E-state index in [2.05, 4.69) is 15.4 Å². The molecule has 0 unspecified atom stereocenters. The van der Waals surface area contributed by atoms with Gasteiger partial charge in [0.15, 0.2) is 0 Å². The highest BCUT2D eigenvalue weighted by Crippen LogP contribution is 2.30. The number of hydrogen-bond donors (Lipinski definition) is 2. The molecular weight excluding hydrogens is 263 g/mol. The molecule has 1 aromatic heterocycles. The molecule has 2 N–H and O–H groups in total. The Morgan fingerprint density at radius 2 is 2.20 bits per heavy atom. The first-order chi connectivity index (χ1) is 9.56. The summed E-state index contributed by atoms with van der Waals surface area (Å²) in [7, 11) is 0. The summed E-state index contributed by atoms with van der Waals surface area (Å²) >= 11 is 0. The number of allylic oxidation sites excluding steroid dienone is 1. The second kappa shape index (κ2) is 4.44. The maximum atomic E-state index is 13.9. The Kier molecular flexibility index (Phi) is 2.74. The van der Waals surface area contributed by atoms with Crippen molar-refractivity contribution in [1.82, 2.24) is 14.8 Å².